The summed E-state index contributed by atoms with van der Waals surface area (Å²) in [6, 6.07) is 0.224. The Bertz CT molecular complexity index is 317. The maximum atomic E-state index is 5.83. The maximum absolute atomic E-state index is 5.83. The van der Waals surface area contributed by atoms with E-state index in [1.807, 2.05) is 11.6 Å². The number of hydrogen-bond acceptors (Lipinski definition) is 3. The first-order valence-electron chi connectivity index (χ1n) is 6.07. The van der Waals surface area contributed by atoms with Gasteiger partial charge in [0.1, 0.15) is 0 Å². The lowest BCUT2D eigenvalue weighted by molar-refractivity contribution is 0.266. The van der Waals surface area contributed by atoms with Crippen LogP contribution in [0.25, 0.3) is 0 Å². The molecule has 0 unspecified atom stereocenters. The van der Waals surface area contributed by atoms with Crippen molar-refractivity contribution in [2.24, 2.45) is 5.73 Å². The fraction of sp³-hybridized carbons (Fsp3) is 0.750. The van der Waals surface area contributed by atoms with Crippen LogP contribution in [0.2, 0.25) is 0 Å². The number of rotatable bonds is 6. The first-order chi connectivity index (χ1) is 7.56. The molecule has 0 aliphatic carbocycles. The lowest BCUT2D eigenvalue weighted by Crippen LogP contribution is -2.35. The van der Waals surface area contributed by atoms with Crippen molar-refractivity contribution in [2.75, 3.05) is 13.1 Å². The van der Waals surface area contributed by atoms with Gasteiger partial charge in [-0.05, 0) is 27.3 Å². The highest BCUT2D eigenvalue weighted by Crippen LogP contribution is 2.09. The average Bonchev–Trinajstić information content (AvgIpc) is 2.58. The minimum Gasteiger partial charge on any atom is -0.327 e. The summed E-state index contributed by atoms with van der Waals surface area (Å²) >= 11 is 0. The lowest BCUT2D eigenvalue weighted by atomic mass is 10.2. The van der Waals surface area contributed by atoms with E-state index in [4.69, 9.17) is 5.73 Å². The Balaban J connectivity index is 2.65. The number of aryl methyl sites for hydroxylation is 2. The van der Waals surface area contributed by atoms with Gasteiger partial charge in [0.05, 0.1) is 5.69 Å². The Kier molecular flexibility index (Phi) is 4.96. The molecule has 1 atom stereocenters. The molecule has 0 radical (unpaired) electrons. The zero-order chi connectivity index (χ0) is 12.1. The Morgan fingerprint density at radius 1 is 1.50 bits per heavy atom. The Labute approximate surface area is 98.4 Å². The summed E-state index contributed by atoms with van der Waals surface area (Å²) in [6.07, 6.45) is 2.14. The SMILES string of the molecule is CCN(Cc1cn(CC)nc1C)C[C@H](C)N. The van der Waals surface area contributed by atoms with Gasteiger partial charge in [-0.15, -0.1) is 0 Å². The molecule has 0 saturated carbocycles. The lowest BCUT2D eigenvalue weighted by Gasteiger charge is -2.21. The smallest absolute Gasteiger partial charge is 0.0638 e. The third kappa shape index (κ3) is 3.61. The second-order valence-electron chi connectivity index (χ2n) is 4.40. The molecule has 0 amide bonds. The van der Waals surface area contributed by atoms with Gasteiger partial charge in [0, 0.05) is 37.4 Å². The molecule has 4 nitrogen and oxygen atoms in total. The van der Waals surface area contributed by atoms with Gasteiger partial charge in [-0.25, -0.2) is 0 Å². The van der Waals surface area contributed by atoms with E-state index in [0.29, 0.717) is 0 Å². The largest absolute Gasteiger partial charge is 0.327 e. The van der Waals surface area contributed by atoms with Crippen LogP contribution in [0.4, 0.5) is 0 Å². The number of nitrogens with zero attached hydrogens (tertiary/aromatic N) is 3. The van der Waals surface area contributed by atoms with Gasteiger partial charge in [0.15, 0.2) is 0 Å². The standard InChI is InChI=1S/C12H24N4/c1-5-15(7-10(3)13)8-12-9-16(6-2)14-11(12)4/h9-10H,5-8,13H2,1-4H3/t10-/m0/s1. The van der Waals surface area contributed by atoms with E-state index < -0.39 is 0 Å². The molecule has 4 heteroatoms. The number of likely N-dealkylation sites (N-methyl/N-ethyl adjacent to an activating group) is 1. The van der Waals surface area contributed by atoms with Crippen molar-refractivity contribution in [2.45, 2.75) is 46.8 Å². The molecule has 0 aromatic carbocycles. The van der Waals surface area contributed by atoms with Crippen molar-refractivity contribution in [3.8, 4) is 0 Å². The van der Waals surface area contributed by atoms with Gasteiger partial charge in [0.2, 0.25) is 0 Å². The fourth-order valence-electron chi connectivity index (χ4n) is 1.83. The monoisotopic (exact) mass is 224 g/mol. The average molecular weight is 224 g/mol. The van der Waals surface area contributed by atoms with Crippen molar-refractivity contribution in [3.63, 3.8) is 0 Å². The first-order valence-corrected chi connectivity index (χ1v) is 6.07. The quantitative estimate of drug-likeness (QED) is 0.794. The van der Waals surface area contributed by atoms with Crippen molar-refractivity contribution in [3.05, 3.63) is 17.5 Å². The van der Waals surface area contributed by atoms with Crippen LogP contribution < -0.4 is 5.73 Å². The Morgan fingerprint density at radius 3 is 2.62 bits per heavy atom. The van der Waals surface area contributed by atoms with Gasteiger partial charge >= 0.3 is 0 Å². The van der Waals surface area contributed by atoms with Crippen LogP contribution in [0.15, 0.2) is 6.20 Å². The second-order valence-corrected chi connectivity index (χ2v) is 4.40. The molecule has 2 N–H and O–H groups in total. The summed E-state index contributed by atoms with van der Waals surface area (Å²) in [6.45, 7) is 12.2. The first kappa shape index (κ1) is 13.2. The van der Waals surface area contributed by atoms with E-state index in [9.17, 15) is 0 Å². The third-order valence-electron chi connectivity index (χ3n) is 2.76. The van der Waals surface area contributed by atoms with Crippen LogP contribution in [0.1, 0.15) is 32.0 Å². The van der Waals surface area contributed by atoms with Gasteiger partial charge in [0.25, 0.3) is 0 Å². The van der Waals surface area contributed by atoms with E-state index in [-0.39, 0.29) is 6.04 Å². The predicted octanol–water partition coefficient (Wildman–Crippen LogP) is 1.38. The van der Waals surface area contributed by atoms with Crippen molar-refractivity contribution in [1.82, 2.24) is 14.7 Å². The van der Waals surface area contributed by atoms with E-state index in [2.05, 4.69) is 37.0 Å². The second kappa shape index (κ2) is 6.01. The molecule has 0 spiro atoms. The van der Waals surface area contributed by atoms with Crippen molar-refractivity contribution < 1.29 is 0 Å². The number of nitrogens with two attached hydrogens (primary N) is 1. The normalized spacial score (nSPS) is 13.4. The molecule has 1 aromatic heterocycles. The van der Waals surface area contributed by atoms with Crippen LogP contribution >= 0.6 is 0 Å². The molecule has 0 bridgehead atoms. The highest BCUT2D eigenvalue weighted by molar-refractivity contribution is 5.15. The van der Waals surface area contributed by atoms with Crippen LogP contribution in [-0.2, 0) is 13.1 Å². The third-order valence-corrected chi connectivity index (χ3v) is 2.76. The fourth-order valence-corrected chi connectivity index (χ4v) is 1.83. The molecule has 92 valence electrons. The van der Waals surface area contributed by atoms with Crippen LogP contribution in [0.3, 0.4) is 0 Å². The summed E-state index contributed by atoms with van der Waals surface area (Å²) in [5, 5.41) is 4.45. The molecule has 1 heterocycles. The Morgan fingerprint density at radius 2 is 2.19 bits per heavy atom. The highest BCUT2D eigenvalue weighted by Gasteiger charge is 2.10. The molecule has 1 aromatic rings. The van der Waals surface area contributed by atoms with Crippen LogP contribution in [0.5, 0.6) is 0 Å². The minimum atomic E-state index is 0.224. The maximum Gasteiger partial charge on any atom is 0.0638 e. The number of hydrogen-bond donors (Lipinski definition) is 1. The summed E-state index contributed by atoms with van der Waals surface area (Å²) in [5.41, 5.74) is 8.27. The molecular weight excluding hydrogens is 200 g/mol. The summed E-state index contributed by atoms with van der Waals surface area (Å²) in [7, 11) is 0. The molecule has 16 heavy (non-hydrogen) atoms. The molecule has 1 rings (SSSR count). The van der Waals surface area contributed by atoms with Crippen LogP contribution in [-0.4, -0.2) is 33.8 Å². The molecule has 0 aliphatic rings. The summed E-state index contributed by atoms with van der Waals surface area (Å²) < 4.78 is 1.99. The van der Waals surface area contributed by atoms with Gasteiger partial charge in [-0.3, -0.25) is 9.58 Å². The van der Waals surface area contributed by atoms with E-state index in [1.165, 1.54) is 5.56 Å². The zero-order valence-electron chi connectivity index (χ0n) is 10.9. The van der Waals surface area contributed by atoms with Gasteiger partial charge in [-0.1, -0.05) is 6.92 Å². The zero-order valence-corrected chi connectivity index (χ0v) is 10.9. The minimum absolute atomic E-state index is 0.224. The van der Waals surface area contributed by atoms with Gasteiger partial charge in [-0.2, -0.15) is 5.10 Å². The van der Waals surface area contributed by atoms with Crippen molar-refractivity contribution in [1.29, 1.82) is 0 Å². The summed E-state index contributed by atoms with van der Waals surface area (Å²) in [5.74, 6) is 0. The molecular formula is C12H24N4. The summed E-state index contributed by atoms with van der Waals surface area (Å²) in [4.78, 5) is 2.36. The van der Waals surface area contributed by atoms with Crippen molar-refractivity contribution >= 4 is 0 Å². The predicted molar refractivity (Wildman–Crippen MR) is 67.2 cm³/mol. The van der Waals surface area contributed by atoms with Gasteiger partial charge < -0.3 is 5.73 Å². The topological polar surface area (TPSA) is 47.1 Å². The van der Waals surface area contributed by atoms with E-state index in [0.717, 1.165) is 31.9 Å². The Hall–Kier alpha value is -0.870. The van der Waals surface area contributed by atoms with E-state index >= 15 is 0 Å². The van der Waals surface area contributed by atoms with E-state index in [1.54, 1.807) is 0 Å². The van der Waals surface area contributed by atoms with Crippen LogP contribution in [0, 0.1) is 6.92 Å². The number of aromatic nitrogens is 2. The highest BCUT2D eigenvalue weighted by atomic mass is 15.3. The molecule has 0 saturated heterocycles. The molecule has 0 aliphatic heterocycles. The molecule has 0 fully saturated rings.